The maximum atomic E-state index is 9.80. The van der Waals surface area contributed by atoms with E-state index in [1.54, 1.807) is 24.3 Å². The third-order valence-electron chi connectivity index (χ3n) is 4.79. The SMILES string of the molecule is Oc1cc2c(cc1O)CN1CCc3cc(O)c(O)cc3[C@@H]1C2. The van der Waals surface area contributed by atoms with E-state index < -0.39 is 0 Å². The number of aromatic hydroxyl groups is 4. The lowest BCUT2D eigenvalue weighted by Crippen LogP contribution is -2.39. The molecule has 2 aromatic carbocycles. The fourth-order valence-corrected chi connectivity index (χ4v) is 3.64. The highest BCUT2D eigenvalue weighted by atomic mass is 16.3. The first kappa shape index (κ1) is 13.3. The van der Waals surface area contributed by atoms with Crippen LogP contribution in [0.3, 0.4) is 0 Å². The van der Waals surface area contributed by atoms with E-state index >= 15 is 0 Å². The van der Waals surface area contributed by atoms with E-state index in [-0.39, 0.29) is 29.0 Å². The van der Waals surface area contributed by atoms with Crippen molar-refractivity contribution < 1.29 is 20.4 Å². The molecule has 2 aliphatic rings. The van der Waals surface area contributed by atoms with E-state index in [0.717, 1.165) is 35.2 Å². The molecule has 2 aromatic rings. The zero-order valence-electron chi connectivity index (χ0n) is 12.0. The van der Waals surface area contributed by atoms with Crippen molar-refractivity contribution in [3.63, 3.8) is 0 Å². The van der Waals surface area contributed by atoms with Crippen LogP contribution in [-0.2, 0) is 19.4 Å². The van der Waals surface area contributed by atoms with Crippen molar-refractivity contribution in [2.75, 3.05) is 6.54 Å². The number of rotatable bonds is 0. The van der Waals surface area contributed by atoms with Gasteiger partial charge in [0, 0.05) is 19.1 Å². The average Bonchev–Trinajstić information content (AvgIpc) is 2.48. The summed E-state index contributed by atoms with van der Waals surface area (Å²) >= 11 is 0. The van der Waals surface area contributed by atoms with Crippen LogP contribution >= 0.6 is 0 Å². The van der Waals surface area contributed by atoms with E-state index in [9.17, 15) is 20.4 Å². The van der Waals surface area contributed by atoms with E-state index in [4.69, 9.17) is 0 Å². The normalized spacial score (nSPS) is 20.1. The van der Waals surface area contributed by atoms with Gasteiger partial charge >= 0.3 is 0 Å². The van der Waals surface area contributed by atoms with Gasteiger partial charge in [-0.15, -0.1) is 0 Å². The molecule has 0 aliphatic carbocycles. The number of fused-ring (bicyclic) bond motifs is 4. The number of hydrogen-bond donors (Lipinski definition) is 4. The highest BCUT2D eigenvalue weighted by Crippen LogP contribution is 2.43. The van der Waals surface area contributed by atoms with Gasteiger partial charge < -0.3 is 20.4 Å². The summed E-state index contributed by atoms with van der Waals surface area (Å²) < 4.78 is 0. The number of phenolic OH excluding ortho intramolecular Hbond substituents is 4. The maximum Gasteiger partial charge on any atom is 0.157 e. The third kappa shape index (κ3) is 1.89. The summed E-state index contributed by atoms with van der Waals surface area (Å²) in [5, 5.41) is 38.8. The average molecular weight is 299 g/mol. The van der Waals surface area contributed by atoms with Gasteiger partial charge in [0.1, 0.15) is 0 Å². The van der Waals surface area contributed by atoms with E-state index in [0.29, 0.717) is 13.0 Å². The van der Waals surface area contributed by atoms with Crippen molar-refractivity contribution in [3.8, 4) is 23.0 Å². The highest BCUT2D eigenvalue weighted by molar-refractivity contribution is 5.51. The smallest absolute Gasteiger partial charge is 0.157 e. The molecule has 0 saturated heterocycles. The van der Waals surface area contributed by atoms with Crippen LogP contribution in [0.1, 0.15) is 28.3 Å². The molecule has 2 heterocycles. The summed E-state index contributed by atoms with van der Waals surface area (Å²) in [6, 6.07) is 6.66. The van der Waals surface area contributed by atoms with Crippen LogP contribution in [0.4, 0.5) is 0 Å². The monoisotopic (exact) mass is 299 g/mol. The number of benzene rings is 2. The summed E-state index contributed by atoms with van der Waals surface area (Å²) in [5.41, 5.74) is 4.12. The second-order valence-corrected chi connectivity index (χ2v) is 6.09. The molecular formula is C17H17NO4. The Balaban J connectivity index is 1.79. The Hall–Kier alpha value is -2.40. The van der Waals surface area contributed by atoms with Gasteiger partial charge in [0.2, 0.25) is 0 Å². The van der Waals surface area contributed by atoms with Crippen LogP contribution in [0.15, 0.2) is 24.3 Å². The predicted molar refractivity (Wildman–Crippen MR) is 80.1 cm³/mol. The van der Waals surface area contributed by atoms with Crippen molar-refractivity contribution in [1.82, 2.24) is 4.90 Å². The van der Waals surface area contributed by atoms with Gasteiger partial charge in [-0.05, 0) is 59.4 Å². The molecular weight excluding hydrogens is 282 g/mol. The Bertz CT molecular complexity index is 772. The molecule has 0 bridgehead atoms. The van der Waals surface area contributed by atoms with Crippen molar-refractivity contribution >= 4 is 0 Å². The Morgan fingerprint density at radius 3 is 2.09 bits per heavy atom. The molecule has 0 radical (unpaired) electrons. The molecule has 0 spiro atoms. The lowest BCUT2D eigenvalue weighted by atomic mass is 9.83. The summed E-state index contributed by atoms with van der Waals surface area (Å²) in [4.78, 5) is 2.30. The van der Waals surface area contributed by atoms with Crippen LogP contribution in [0, 0.1) is 0 Å². The first-order valence-electron chi connectivity index (χ1n) is 7.35. The molecule has 2 aliphatic heterocycles. The Kier molecular flexibility index (Phi) is 2.74. The first-order valence-corrected chi connectivity index (χ1v) is 7.35. The second-order valence-electron chi connectivity index (χ2n) is 6.09. The van der Waals surface area contributed by atoms with Crippen LogP contribution in [-0.4, -0.2) is 31.9 Å². The number of nitrogens with zero attached hydrogens (tertiary/aromatic N) is 1. The summed E-state index contributed by atoms with van der Waals surface area (Å²) in [5.74, 6) is -0.361. The second kappa shape index (κ2) is 4.55. The van der Waals surface area contributed by atoms with Crippen LogP contribution < -0.4 is 0 Å². The van der Waals surface area contributed by atoms with Crippen LogP contribution in [0.5, 0.6) is 23.0 Å². The van der Waals surface area contributed by atoms with Crippen LogP contribution in [0.25, 0.3) is 0 Å². The molecule has 1 atom stereocenters. The van der Waals surface area contributed by atoms with Crippen molar-refractivity contribution in [3.05, 3.63) is 46.5 Å². The topological polar surface area (TPSA) is 84.2 Å². The standard InChI is InChI=1S/C17H17NO4/c19-14-4-9-1-2-18-8-11-6-16(21)15(20)5-10(11)3-13(18)12(9)7-17(14)22/h4-7,13,19-22H,1-3,8H2/t13-/m0/s1. The highest BCUT2D eigenvalue weighted by Gasteiger charge is 2.33. The number of phenols is 4. The Labute approximate surface area is 127 Å². The van der Waals surface area contributed by atoms with Gasteiger partial charge in [0.25, 0.3) is 0 Å². The van der Waals surface area contributed by atoms with E-state index in [1.165, 1.54) is 0 Å². The summed E-state index contributed by atoms with van der Waals surface area (Å²) in [6.07, 6.45) is 1.53. The first-order chi connectivity index (χ1) is 10.5. The minimum Gasteiger partial charge on any atom is -0.504 e. The van der Waals surface area contributed by atoms with Gasteiger partial charge in [-0.3, -0.25) is 4.90 Å². The summed E-state index contributed by atoms with van der Waals surface area (Å²) in [7, 11) is 0. The molecule has 4 rings (SSSR count). The quantitative estimate of drug-likeness (QED) is 0.560. The molecule has 114 valence electrons. The molecule has 0 saturated carbocycles. The van der Waals surface area contributed by atoms with E-state index in [2.05, 4.69) is 4.90 Å². The molecule has 0 aromatic heterocycles. The largest absolute Gasteiger partial charge is 0.504 e. The molecule has 4 N–H and O–H groups in total. The fraction of sp³-hybridized carbons (Fsp3) is 0.294. The molecule has 0 unspecified atom stereocenters. The van der Waals surface area contributed by atoms with Crippen LogP contribution in [0.2, 0.25) is 0 Å². The zero-order valence-corrected chi connectivity index (χ0v) is 12.0. The summed E-state index contributed by atoms with van der Waals surface area (Å²) in [6.45, 7) is 1.57. The van der Waals surface area contributed by atoms with Gasteiger partial charge in [-0.25, -0.2) is 0 Å². The van der Waals surface area contributed by atoms with Gasteiger partial charge in [0.05, 0.1) is 0 Å². The van der Waals surface area contributed by atoms with E-state index in [1.807, 2.05) is 0 Å². The lowest BCUT2D eigenvalue weighted by molar-refractivity contribution is 0.160. The number of hydrogen-bond acceptors (Lipinski definition) is 5. The zero-order chi connectivity index (χ0) is 15.4. The van der Waals surface area contributed by atoms with Gasteiger partial charge in [0.15, 0.2) is 23.0 Å². The van der Waals surface area contributed by atoms with Gasteiger partial charge in [-0.2, -0.15) is 0 Å². The van der Waals surface area contributed by atoms with Gasteiger partial charge in [-0.1, -0.05) is 0 Å². The predicted octanol–water partition coefficient (Wildman–Crippen LogP) is 2.16. The molecule has 0 amide bonds. The minimum atomic E-state index is -0.100. The maximum absolute atomic E-state index is 9.80. The Morgan fingerprint density at radius 2 is 1.36 bits per heavy atom. The van der Waals surface area contributed by atoms with Crippen molar-refractivity contribution in [2.45, 2.75) is 25.4 Å². The Morgan fingerprint density at radius 1 is 0.773 bits per heavy atom. The molecule has 0 fully saturated rings. The molecule has 5 heteroatoms. The third-order valence-corrected chi connectivity index (χ3v) is 4.79. The lowest BCUT2D eigenvalue weighted by Gasteiger charge is -2.41. The fourth-order valence-electron chi connectivity index (χ4n) is 3.64. The molecule has 22 heavy (non-hydrogen) atoms. The van der Waals surface area contributed by atoms with Crippen molar-refractivity contribution in [1.29, 1.82) is 0 Å². The molecule has 5 nitrogen and oxygen atoms in total. The van der Waals surface area contributed by atoms with Crippen molar-refractivity contribution in [2.24, 2.45) is 0 Å². The minimum absolute atomic E-state index is 0.0778.